The maximum atomic E-state index is 11.2. The molecule has 2 N–H and O–H groups in total. The van der Waals surface area contributed by atoms with Gasteiger partial charge in [-0.3, -0.25) is 4.79 Å². The number of nitrogens with two attached hydrogens (primary N) is 1. The zero-order valence-corrected chi connectivity index (χ0v) is 12.0. The molecule has 0 aromatic heterocycles. The Morgan fingerprint density at radius 2 is 1.90 bits per heavy atom. The fraction of sp³-hybridized carbons (Fsp3) is 0.533. The van der Waals surface area contributed by atoms with Gasteiger partial charge in [-0.1, -0.05) is 0 Å². The van der Waals surface area contributed by atoms with Crippen molar-refractivity contribution in [2.24, 2.45) is 5.73 Å². The molecule has 1 aromatic carbocycles. The van der Waals surface area contributed by atoms with Gasteiger partial charge in [-0.2, -0.15) is 0 Å². The number of carbonyl (C=O) groups is 1. The van der Waals surface area contributed by atoms with Crippen LogP contribution >= 0.6 is 0 Å². The van der Waals surface area contributed by atoms with Gasteiger partial charge in [-0.15, -0.1) is 0 Å². The monoisotopic (exact) mass is 279 g/mol. The highest BCUT2D eigenvalue weighted by atomic mass is 16.7. The van der Waals surface area contributed by atoms with Crippen LogP contribution in [0.5, 0.6) is 5.75 Å². The molecule has 5 heteroatoms. The molecule has 0 unspecified atom stereocenters. The molecular formula is C15H21NO4. The van der Waals surface area contributed by atoms with Gasteiger partial charge < -0.3 is 19.9 Å². The number of aryl methyl sites for hydroxylation is 2. The van der Waals surface area contributed by atoms with E-state index in [9.17, 15) is 4.79 Å². The van der Waals surface area contributed by atoms with Gasteiger partial charge in [-0.05, 0) is 43.5 Å². The standard InChI is InChI=1S/C15H21NO4/c1-10-8-12(15(16)17)9-11(2)14(10)20-7-4-13-18-5-3-6-19-13/h8-9,13H,3-7H2,1-2H3,(H2,16,17). The summed E-state index contributed by atoms with van der Waals surface area (Å²) in [7, 11) is 0. The second-order valence-corrected chi connectivity index (χ2v) is 4.97. The number of amides is 1. The fourth-order valence-electron chi connectivity index (χ4n) is 2.28. The molecule has 20 heavy (non-hydrogen) atoms. The second kappa shape index (κ2) is 6.72. The summed E-state index contributed by atoms with van der Waals surface area (Å²) in [5.74, 6) is 0.373. The lowest BCUT2D eigenvalue weighted by molar-refractivity contribution is -0.183. The molecule has 1 fully saturated rings. The molecule has 1 aromatic rings. The van der Waals surface area contributed by atoms with Crippen LogP contribution in [0.4, 0.5) is 0 Å². The van der Waals surface area contributed by atoms with E-state index in [1.165, 1.54) is 0 Å². The summed E-state index contributed by atoms with van der Waals surface area (Å²) >= 11 is 0. The molecule has 2 rings (SSSR count). The van der Waals surface area contributed by atoms with E-state index >= 15 is 0 Å². The largest absolute Gasteiger partial charge is 0.493 e. The second-order valence-electron chi connectivity index (χ2n) is 4.97. The SMILES string of the molecule is Cc1cc(C(N)=O)cc(C)c1OCCC1OCCCO1. The van der Waals surface area contributed by atoms with E-state index in [-0.39, 0.29) is 6.29 Å². The van der Waals surface area contributed by atoms with Crippen molar-refractivity contribution < 1.29 is 19.0 Å². The number of hydrogen-bond acceptors (Lipinski definition) is 4. The number of ether oxygens (including phenoxy) is 3. The molecule has 1 aliphatic heterocycles. The van der Waals surface area contributed by atoms with Gasteiger partial charge in [0.05, 0.1) is 19.8 Å². The molecule has 5 nitrogen and oxygen atoms in total. The molecular weight excluding hydrogens is 258 g/mol. The number of hydrogen-bond donors (Lipinski definition) is 1. The van der Waals surface area contributed by atoms with Gasteiger partial charge in [0.15, 0.2) is 6.29 Å². The molecule has 1 saturated heterocycles. The van der Waals surface area contributed by atoms with Crippen molar-refractivity contribution in [2.75, 3.05) is 19.8 Å². The molecule has 1 amide bonds. The average Bonchev–Trinajstić information content (AvgIpc) is 2.42. The van der Waals surface area contributed by atoms with Crippen molar-refractivity contribution in [3.63, 3.8) is 0 Å². The van der Waals surface area contributed by atoms with Crippen molar-refractivity contribution >= 4 is 5.91 Å². The lowest BCUT2D eigenvalue weighted by Gasteiger charge is -2.23. The van der Waals surface area contributed by atoms with E-state index in [1.54, 1.807) is 12.1 Å². The highest BCUT2D eigenvalue weighted by Gasteiger charge is 2.15. The van der Waals surface area contributed by atoms with Crippen LogP contribution in [0.3, 0.4) is 0 Å². The third-order valence-corrected chi connectivity index (χ3v) is 3.24. The third kappa shape index (κ3) is 3.71. The predicted molar refractivity (Wildman–Crippen MR) is 74.9 cm³/mol. The van der Waals surface area contributed by atoms with Crippen LogP contribution in [-0.2, 0) is 9.47 Å². The molecule has 0 aliphatic carbocycles. The Morgan fingerprint density at radius 3 is 2.45 bits per heavy atom. The van der Waals surface area contributed by atoms with Crippen LogP contribution in [-0.4, -0.2) is 32.0 Å². The van der Waals surface area contributed by atoms with Crippen LogP contribution in [0.1, 0.15) is 34.3 Å². The zero-order valence-electron chi connectivity index (χ0n) is 12.0. The first-order chi connectivity index (χ1) is 9.58. The predicted octanol–water partition coefficient (Wildman–Crippen LogP) is 1.93. The Kier molecular flexibility index (Phi) is 4.98. The van der Waals surface area contributed by atoms with Crippen molar-refractivity contribution in [3.05, 3.63) is 28.8 Å². The van der Waals surface area contributed by atoms with Crippen LogP contribution in [0.15, 0.2) is 12.1 Å². The van der Waals surface area contributed by atoms with E-state index in [0.717, 1.165) is 36.5 Å². The van der Waals surface area contributed by atoms with E-state index < -0.39 is 5.91 Å². The number of rotatable bonds is 5. The quantitative estimate of drug-likeness (QED) is 0.894. The Hall–Kier alpha value is -1.59. The summed E-state index contributed by atoms with van der Waals surface area (Å²) < 4.78 is 16.7. The smallest absolute Gasteiger partial charge is 0.248 e. The molecule has 0 atom stereocenters. The minimum absolute atomic E-state index is 0.172. The summed E-state index contributed by atoms with van der Waals surface area (Å²) in [6, 6.07) is 3.50. The van der Waals surface area contributed by atoms with Gasteiger partial charge in [0.1, 0.15) is 5.75 Å². The summed E-state index contributed by atoms with van der Waals surface area (Å²) in [4.78, 5) is 11.2. The number of carbonyl (C=O) groups excluding carboxylic acids is 1. The number of primary amides is 1. The Balaban J connectivity index is 1.93. The fourth-order valence-corrected chi connectivity index (χ4v) is 2.28. The van der Waals surface area contributed by atoms with Crippen molar-refractivity contribution in [3.8, 4) is 5.75 Å². The van der Waals surface area contributed by atoms with Crippen molar-refractivity contribution in [2.45, 2.75) is 33.0 Å². The molecule has 1 heterocycles. The molecule has 0 bridgehead atoms. The lowest BCUT2D eigenvalue weighted by atomic mass is 10.1. The summed E-state index contributed by atoms with van der Waals surface area (Å²) in [5.41, 5.74) is 7.61. The normalized spacial score (nSPS) is 16.1. The first-order valence-corrected chi connectivity index (χ1v) is 6.85. The molecule has 0 radical (unpaired) electrons. The molecule has 0 saturated carbocycles. The Bertz CT molecular complexity index is 458. The third-order valence-electron chi connectivity index (χ3n) is 3.24. The Morgan fingerprint density at radius 1 is 1.30 bits per heavy atom. The zero-order chi connectivity index (χ0) is 14.5. The minimum atomic E-state index is -0.424. The molecule has 110 valence electrons. The lowest BCUT2D eigenvalue weighted by Crippen LogP contribution is -2.26. The van der Waals surface area contributed by atoms with Gasteiger partial charge in [0.2, 0.25) is 5.91 Å². The highest BCUT2D eigenvalue weighted by Crippen LogP contribution is 2.25. The summed E-state index contributed by atoms with van der Waals surface area (Å²) in [5, 5.41) is 0. The topological polar surface area (TPSA) is 70.8 Å². The summed E-state index contributed by atoms with van der Waals surface area (Å²) in [6.07, 6.45) is 1.47. The Labute approximate surface area is 119 Å². The average molecular weight is 279 g/mol. The summed E-state index contributed by atoms with van der Waals surface area (Å²) in [6.45, 7) is 5.82. The van der Waals surface area contributed by atoms with Crippen LogP contribution < -0.4 is 10.5 Å². The van der Waals surface area contributed by atoms with Gasteiger partial charge in [0.25, 0.3) is 0 Å². The first kappa shape index (κ1) is 14.8. The first-order valence-electron chi connectivity index (χ1n) is 6.85. The van der Waals surface area contributed by atoms with Gasteiger partial charge in [0, 0.05) is 12.0 Å². The van der Waals surface area contributed by atoms with Gasteiger partial charge in [-0.25, -0.2) is 0 Å². The van der Waals surface area contributed by atoms with E-state index in [4.69, 9.17) is 19.9 Å². The van der Waals surface area contributed by atoms with Crippen LogP contribution in [0, 0.1) is 13.8 Å². The van der Waals surface area contributed by atoms with E-state index in [1.807, 2.05) is 13.8 Å². The molecule has 1 aliphatic rings. The van der Waals surface area contributed by atoms with Crippen LogP contribution in [0.2, 0.25) is 0 Å². The van der Waals surface area contributed by atoms with Crippen molar-refractivity contribution in [1.82, 2.24) is 0 Å². The maximum Gasteiger partial charge on any atom is 0.248 e. The van der Waals surface area contributed by atoms with E-state index in [2.05, 4.69) is 0 Å². The minimum Gasteiger partial charge on any atom is -0.493 e. The van der Waals surface area contributed by atoms with Crippen molar-refractivity contribution in [1.29, 1.82) is 0 Å². The highest BCUT2D eigenvalue weighted by molar-refractivity contribution is 5.93. The van der Waals surface area contributed by atoms with E-state index in [0.29, 0.717) is 18.6 Å². The van der Waals surface area contributed by atoms with Crippen LogP contribution in [0.25, 0.3) is 0 Å². The number of benzene rings is 1. The molecule has 0 spiro atoms. The van der Waals surface area contributed by atoms with Gasteiger partial charge >= 0.3 is 0 Å². The maximum absolute atomic E-state index is 11.2.